The van der Waals surface area contributed by atoms with Crippen LogP contribution in [0, 0.1) is 17.1 Å². The number of aromatic nitrogens is 7. The number of rotatable bonds is 9. The van der Waals surface area contributed by atoms with Crippen LogP contribution in [0.4, 0.5) is 21.6 Å². The molecule has 5 aromatic heterocycles. The molecule has 3 N–H and O–H groups in total. The van der Waals surface area contributed by atoms with E-state index in [9.17, 15) is 24.8 Å². The van der Waals surface area contributed by atoms with E-state index in [1.165, 1.54) is 6.07 Å². The number of likely N-dealkylation sites (tertiary alicyclic amines) is 1. The van der Waals surface area contributed by atoms with Gasteiger partial charge in [-0.1, -0.05) is 6.07 Å². The molecule has 1 atom stereocenters. The molecular formula is C49H50FN13O5. The molecule has 4 saturated heterocycles. The highest BCUT2D eigenvalue weighted by Crippen LogP contribution is 2.44. The third-order valence-electron chi connectivity index (χ3n) is 14.5. The van der Waals surface area contributed by atoms with Gasteiger partial charge in [0.15, 0.2) is 0 Å². The van der Waals surface area contributed by atoms with Crippen molar-refractivity contribution in [1.82, 2.24) is 44.6 Å². The highest BCUT2D eigenvalue weighted by Gasteiger charge is 2.44. The zero-order valence-electron chi connectivity index (χ0n) is 37.4. The van der Waals surface area contributed by atoms with E-state index in [0.717, 1.165) is 54.1 Å². The van der Waals surface area contributed by atoms with E-state index in [-0.39, 0.29) is 36.3 Å². The molecule has 68 heavy (non-hydrogen) atoms. The summed E-state index contributed by atoms with van der Waals surface area (Å²) < 4.78 is 25.2. The van der Waals surface area contributed by atoms with Gasteiger partial charge >= 0.3 is 0 Å². The molecule has 18 nitrogen and oxygen atoms in total. The SMILES string of the molecule is N#Cc1cnn2cc(-c3cnn(C4CCN(C(=O)CC5(O)CCN(c6ccc(NC7CCC(=O)NC7=O)cc6F)CC5)CC4)c3)nc(-c3ccc(N4CCC5(CC4)OCc4cccnc45)nc3)c12. The zero-order chi connectivity index (χ0) is 46.6. The summed E-state index contributed by atoms with van der Waals surface area (Å²) in [6.45, 7) is 3.94. The maximum Gasteiger partial charge on any atom is 0.249 e. The van der Waals surface area contributed by atoms with E-state index < -0.39 is 23.4 Å². The minimum Gasteiger partial charge on any atom is -0.389 e. The van der Waals surface area contributed by atoms with Crippen molar-refractivity contribution in [2.45, 2.75) is 87.7 Å². The Hall–Kier alpha value is -7.30. The van der Waals surface area contributed by atoms with Crippen molar-refractivity contribution in [3.05, 3.63) is 102 Å². The lowest BCUT2D eigenvalue weighted by atomic mass is 9.87. The number of fused-ring (bicyclic) bond motifs is 3. The van der Waals surface area contributed by atoms with Crippen molar-refractivity contribution < 1.29 is 28.6 Å². The number of nitrogens with zero attached hydrogens (tertiary/aromatic N) is 11. The van der Waals surface area contributed by atoms with Crippen LogP contribution >= 0.6 is 0 Å². The van der Waals surface area contributed by atoms with Crippen LogP contribution in [0.1, 0.15) is 80.7 Å². The number of nitrogens with one attached hydrogen (secondary N) is 2. The molecule has 0 aliphatic carbocycles. The van der Waals surface area contributed by atoms with Crippen LogP contribution < -0.4 is 20.4 Å². The van der Waals surface area contributed by atoms with Gasteiger partial charge in [-0.05, 0) is 81.3 Å². The van der Waals surface area contributed by atoms with Gasteiger partial charge in [-0.3, -0.25) is 29.4 Å². The number of aliphatic hydroxyl groups is 1. The van der Waals surface area contributed by atoms with Crippen molar-refractivity contribution in [2.24, 2.45) is 0 Å². The lowest BCUT2D eigenvalue weighted by Crippen LogP contribution is -2.49. The largest absolute Gasteiger partial charge is 0.389 e. The first-order valence-corrected chi connectivity index (χ1v) is 23.3. The van der Waals surface area contributed by atoms with Crippen molar-refractivity contribution in [3.8, 4) is 28.6 Å². The molecule has 0 saturated carbocycles. The first-order chi connectivity index (χ1) is 33.0. The topological polar surface area (TPSA) is 212 Å². The first kappa shape index (κ1) is 43.3. The van der Waals surface area contributed by atoms with Crippen molar-refractivity contribution in [1.29, 1.82) is 5.26 Å². The number of benzene rings is 1. The van der Waals surface area contributed by atoms with Crippen molar-refractivity contribution >= 4 is 40.4 Å². The van der Waals surface area contributed by atoms with Gasteiger partial charge < -0.3 is 29.9 Å². The number of hydrogen-bond donors (Lipinski definition) is 3. The Balaban J connectivity index is 0.701. The first-order valence-electron chi connectivity index (χ1n) is 23.3. The van der Waals surface area contributed by atoms with E-state index in [1.54, 1.807) is 41.4 Å². The summed E-state index contributed by atoms with van der Waals surface area (Å²) in [4.78, 5) is 57.8. The second-order valence-corrected chi connectivity index (χ2v) is 18.6. The zero-order valence-corrected chi connectivity index (χ0v) is 37.4. The fourth-order valence-corrected chi connectivity index (χ4v) is 10.5. The lowest BCUT2D eigenvalue weighted by molar-refractivity contribution is -0.139. The van der Waals surface area contributed by atoms with Gasteiger partial charge in [-0.25, -0.2) is 18.9 Å². The Bertz CT molecular complexity index is 2960. The van der Waals surface area contributed by atoms with Gasteiger partial charge in [0.2, 0.25) is 17.7 Å². The quantitative estimate of drug-likeness (QED) is 0.165. The van der Waals surface area contributed by atoms with Gasteiger partial charge in [0.05, 0.1) is 66.0 Å². The Morgan fingerprint density at radius 3 is 2.49 bits per heavy atom. The van der Waals surface area contributed by atoms with Crippen LogP contribution in [0.15, 0.2) is 79.6 Å². The van der Waals surface area contributed by atoms with Gasteiger partial charge in [0, 0.05) is 86.7 Å². The van der Waals surface area contributed by atoms with Gasteiger partial charge in [0.1, 0.15) is 40.4 Å². The molecule has 348 valence electrons. The van der Waals surface area contributed by atoms with E-state index in [1.807, 2.05) is 45.1 Å². The van der Waals surface area contributed by atoms with Gasteiger partial charge in [-0.15, -0.1) is 0 Å². The Kier molecular flexibility index (Phi) is 11.1. The van der Waals surface area contributed by atoms with E-state index in [4.69, 9.17) is 19.8 Å². The van der Waals surface area contributed by atoms with Crippen LogP contribution in [0.5, 0.6) is 0 Å². The number of anilines is 3. The molecule has 1 aromatic carbocycles. The summed E-state index contributed by atoms with van der Waals surface area (Å²) in [7, 11) is 0. The fourth-order valence-electron chi connectivity index (χ4n) is 10.5. The number of imide groups is 1. The van der Waals surface area contributed by atoms with Crippen LogP contribution in [0.2, 0.25) is 0 Å². The molecule has 19 heteroatoms. The third-order valence-corrected chi connectivity index (χ3v) is 14.5. The summed E-state index contributed by atoms with van der Waals surface area (Å²) >= 11 is 0. The van der Waals surface area contributed by atoms with Crippen LogP contribution in [-0.2, 0) is 31.3 Å². The number of hydrogen-bond acceptors (Lipinski definition) is 14. The highest BCUT2D eigenvalue weighted by atomic mass is 19.1. The molecule has 6 aromatic rings. The monoisotopic (exact) mass is 919 g/mol. The number of amides is 3. The standard InChI is InChI=1S/C49H50FN13O5/c50-37-22-35(56-38-5-8-42(64)58-47(38)66)4-6-40(37)59-18-11-48(67,12-19-59)23-43(65)61-16-9-36(10-17-61)62-28-34(27-54-62)39-29-63-45(33(24-51)26-55-63)44(57-39)31-3-7-41(53-25-31)60-20-13-49(14-21-60)46-32(30-68-49)2-1-15-52-46/h1-4,6-7,15,22,25-29,36,38,56,67H,5,8-14,16-21,23,30H2,(H,58,64,66). The average molecular weight is 920 g/mol. The van der Waals surface area contributed by atoms with Gasteiger partial charge in [0.25, 0.3) is 0 Å². The normalized spacial score (nSPS) is 20.4. The molecule has 4 fully saturated rings. The number of carbonyl (C=O) groups excluding carboxylic acids is 3. The van der Waals surface area contributed by atoms with E-state index in [0.29, 0.717) is 98.7 Å². The van der Waals surface area contributed by atoms with Crippen LogP contribution in [0.3, 0.4) is 0 Å². The Labute approximate surface area is 390 Å². The molecule has 5 aliphatic heterocycles. The Morgan fingerprint density at radius 2 is 1.74 bits per heavy atom. The molecule has 0 bridgehead atoms. The molecule has 1 spiro atoms. The van der Waals surface area contributed by atoms with Crippen molar-refractivity contribution in [3.63, 3.8) is 0 Å². The smallest absolute Gasteiger partial charge is 0.249 e. The number of pyridine rings is 2. The predicted molar refractivity (Wildman–Crippen MR) is 246 cm³/mol. The second-order valence-electron chi connectivity index (χ2n) is 18.6. The maximum atomic E-state index is 15.3. The second kappa shape index (κ2) is 17.4. The summed E-state index contributed by atoms with van der Waals surface area (Å²) in [5.74, 6) is -0.456. The van der Waals surface area contributed by atoms with Crippen molar-refractivity contribution in [2.75, 3.05) is 54.4 Å². The predicted octanol–water partition coefficient (Wildman–Crippen LogP) is 4.89. The number of ether oxygens (including phenoxy) is 1. The molecule has 1 unspecified atom stereocenters. The lowest BCUT2D eigenvalue weighted by Gasteiger charge is -2.40. The summed E-state index contributed by atoms with van der Waals surface area (Å²) in [6, 6.07) is 14.4. The molecule has 5 aliphatic rings. The van der Waals surface area contributed by atoms with E-state index >= 15 is 4.39 Å². The molecule has 10 heterocycles. The maximum absolute atomic E-state index is 15.3. The summed E-state index contributed by atoms with van der Waals surface area (Å²) in [5, 5.41) is 36.1. The highest BCUT2D eigenvalue weighted by molar-refractivity contribution is 6.01. The number of piperidine rings is 4. The molecular weight excluding hydrogens is 870 g/mol. The average Bonchev–Trinajstić information content (AvgIpc) is 4.11. The van der Waals surface area contributed by atoms with Crippen LogP contribution in [0.25, 0.3) is 28.0 Å². The minimum atomic E-state index is -1.20. The Morgan fingerprint density at radius 1 is 0.926 bits per heavy atom. The fraction of sp³-hybridized carbons (Fsp3) is 0.408. The van der Waals surface area contributed by atoms with Gasteiger partial charge in [-0.2, -0.15) is 15.5 Å². The van der Waals surface area contributed by atoms with E-state index in [2.05, 4.69) is 37.8 Å². The molecule has 3 amide bonds. The number of nitriles is 1. The molecule has 11 rings (SSSR count). The third kappa shape index (κ3) is 8.17. The van der Waals surface area contributed by atoms with Crippen LogP contribution in [-0.4, -0.2) is 113 Å². The minimum absolute atomic E-state index is 0.00786. The molecule has 0 radical (unpaired) electrons. The summed E-state index contributed by atoms with van der Waals surface area (Å²) in [6.07, 6.45) is 14.9. The number of carbonyl (C=O) groups is 3. The number of halogens is 1. The summed E-state index contributed by atoms with van der Waals surface area (Å²) in [5.41, 5.74) is 5.26.